The van der Waals surface area contributed by atoms with Gasteiger partial charge < -0.3 is 4.98 Å². The van der Waals surface area contributed by atoms with E-state index in [1.165, 1.54) is 6.07 Å². The summed E-state index contributed by atoms with van der Waals surface area (Å²) in [6, 6.07) is 4.73. The fourth-order valence-corrected chi connectivity index (χ4v) is 2.59. The second kappa shape index (κ2) is 5.58. The highest BCUT2D eigenvalue weighted by atomic mass is 35.5. The third kappa shape index (κ3) is 3.13. The summed E-state index contributed by atoms with van der Waals surface area (Å²) in [5.74, 6) is -2.03. The molecule has 1 N–H and O–H groups in total. The number of nitrogens with zero attached hydrogens (tertiary/aromatic N) is 3. The molecule has 3 aromatic rings. The number of hydrogen-bond donors (Lipinski definition) is 1. The summed E-state index contributed by atoms with van der Waals surface area (Å²) in [6.07, 6.45) is -10.3. The second-order valence-corrected chi connectivity index (χ2v) is 5.51. The Labute approximate surface area is 140 Å². The maximum absolute atomic E-state index is 13.1. The number of halogens is 7. The SMILES string of the molecule is Cc1cccc(Cl)c1-c1nc2c(C(F)(F)F)nc(C(F)(F)F)nc2[nH]1. The fourth-order valence-electron chi connectivity index (χ4n) is 2.27. The molecule has 0 unspecified atom stereocenters. The van der Waals surface area contributed by atoms with Crippen LogP contribution in [0.15, 0.2) is 18.2 Å². The molecule has 2 aromatic heterocycles. The molecule has 2 heterocycles. The Hall–Kier alpha value is -2.36. The van der Waals surface area contributed by atoms with Gasteiger partial charge in [0, 0.05) is 5.56 Å². The van der Waals surface area contributed by atoms with Crippen molar-refractivity contribution in [3.8, 4) is 11.4 Å². The summed E-state index contributed by atoms with van der Waals surface area (Å²) >= 11 is 6.03. The number of benzene rings is 1. The van der Waals surface area contributed by atoms with Crippen LogP contribution in [-0.2, 0) is 12.4 Å². The number of aromatic amines is 1. The molecule has 0 aliphatic rings. The Morgan fingerprint density at radius 3 is 2.20 bits per heavy atom. The van der Waals surface area contributed by atoms with Crippen LogP contribution in [0.4, 0.5) is 26.3 Å². The average molecular weight is 381 g/mol. The maximum Gasteiger partial charge on any atom is 0.451 e. The van der Waals surface area contributed by atoms with Gasteiger partial charge in [0.2, 0.25) is 5.82 Å². The smallest absolute Gasteiger partial charge is 0.322 e. The zero-order chi connectivity index (χ0) is 18.6. The Morgan fingerprint density at radius 2 is 1.64 bits per heavy atom. The van der Waals surface area contributed by atoms with Crippen molar-refractivity contribution in [2.45, 2.75) is 19.3 Å². The molecule has 0 saturated heterocycles. The molecule has 0 aliphatic heterocycles. The number of nitrogens with one attached hydrogen (secondary N) is 1. The molecule has 25 heavy (non-hydrogen) atoms. The van der Waals surface area contributed by atoms with Gasteiger partial charge in [-0.25, -0.2) is 15.0 Å². The van der Waals surface area contributed by atoms with E-state index in [2.05, 4.69) is 19.9 Å². The van der Waals surface area contributed by atoms with Crippen LogP contribution < -0.4 is 0 Å². The van der Waals surface area contributed by atoms with E-state index in [-0.39, 0.29) is 16.4 Å². The van der Waals surface area contributed by atoms with Gasteiger partial charge in [0.25, 0.3) is 0 Å². The number of alkyl halides is 6. The van der Waals surface area contributed by atoms with Crippen LogP contribution in [0.5, 0.6) is 0 Å². The summed E-state index contributed by atoms with van der Waals surface area (Å²) in [5.41, 5.74) is -2.41. The molecule has 0 fully saturated rings. The summed E-state index contributed by atoms with van der Waals surface area (Å²) in [6.45, 7) is 1.63. The lowest BCUT2D eigenvalue weighted by atomic mass is 10.1. The predicted molar refractivity (Wildman–Crippen MR) is 76.9 cm³/mol. The molecule has 0 amide bonds. The van der Waals surface area contributed by atoms with E-state index >= 15 is 0 Å². The van der Waals surface area contributed by atoms with E-state index in [9.17, 15) is 26.3 Å². The lowest BCUT2D eigenvalue weighted by molar-refractivity contribution is -0.151. The molecule has 1 aromatic carbocycles. The zero-order valence-corrected chi connectivity index (χ0v) is 13.0. The molecule has 0 spiro atoms. The first-order chi connectivity index (χ1) is 11.5. The molecule has 0 radical (unpaired) electrons. The van der Waals surface area contributed by atoms with Crippen molar-refractivity contribution >= 4 is 22.8 Å². The lowest BCUT2D eigenvalue weighted by Gasteiger charge is -2.09. The Bertz CT molecular complexity index is 940. The van der Waals surface area contributed by atoms with Crippen LogP contribution >= 0.6 is 11.6 Å². The summed E-state index contributed by atoms with van der Waals surface area (Å²) in [5, 5.41) is 0.177. The molecule has 11 heteroatoms. The van der Waals surface area contributed by atoms with Gasteiger partial charge in [-0.05, 0) is 18.6 Å². The lowest BCUT2D eigenvalue weighted by Crippen LogP contribution is -2.17. The monoisotopic (exact) mass is 380 g/mol. The van der Waals surface area contributed by atoms with Crippen molar-refractivity contribution in [2.24, 2.45) is 0 Å². The fraction of sp³-hybridized carbons (Fsp3) is 0.214. The quantitative estimate of drug-likeness (QED) is 0.603. The number of hydrogen-bond acceptors (Lipinski definition) is 3. The van der Waals surface area contributed by atoms with Crippen LogP contribution in [0.2, 0.25) is 5.02 Å². The highest BCUT2D eigenvalue weighted by Crippen LogP contribution is 2.37. The number of aromatic nitrogens is 4. The van der Waals surface area contributed by atoms with Gasteiger partial charge in [-0.2, -0.15) is 26.3 Å². The number of imidazole rings is 1. The van der Waals surface area contributed by atoms with Gasteiger partial charge in [0.05, 0.1) is 5.02 Å². The molecule has 0 atom stereocenters. The normalized spacial score (nSPS) is 12.8. The van der Waals surface area contributed by atoms with E-state index < -0.39 is 35.0 Å². The van der Waals surface area contributed by atoms with Crippen LogP contribution in [-0.4, -0.2) is 19.9 Å². The Morgan fingerprint density at radius 1 is 0.960 bits per heavy atom. The van der Waals surface area contributed by atoms with E-state index in [1.54, 1.807) is 19.1 Å². The summed E-state index contributed by atoms with van der Waals surface area (Å²) in [4.78, 5) is 11.9. The third-order valence-electron chi connectivity index (χ3n) is 3.33. The van der Waals surface area contributed by atoms with Crippen molar-refractivity contribution < 1.29 is 26.3 Å². The predicted octanol–water partition coefficient (Wildman–Crippen LogP) is 5.02. The van der Waals surface area contributed by atoms with Crippen molar-refractivity contribution in [1.29, 1.82) is 0 Å². The summed E-state index contributed by atoms with van der Waals surface area (Å²) in [7, 11) is 0. The highest BCUT2D eigenvalue weighted by Gasteiger charge is 2.42. The molecule has 0 bridgehead atoms. The number of rotatable bonds is 1. The van der Waals surface area contributed by atoms with Gasteiger partial charge in [-0.3, -0.25) is 0 Å². The Balaban J connectivity index is 2.34. The largest absolute Gasteiger partial charge is 0.451 e. The van der Waals surface area contributed by atoms with E-state index in [0.29, 0.717) is 5.56 Å². The van der Waals surface area contributed by atoms with E-state index in [4.69, 9.17) is 11.6 Å². The van der Waals surface area contributed by atoms with Crippen molar-refractivity contribution in [1.82, 2.24) is 19.9 Å². The molecule has 4 nitrogen and oxygen atoms in total. The first kappa shape index (κ1) is 17.5. The highest BCUT2D eigenvalue weighted by molar-refractivity contribution is 6.33. The molecular formula is C14H7ClF6N4. The minimum Gasteiger partial charge on any atom is -0.322 e. The molecule has 3 rings (SSSR count). The molecule has 0 saturated carbocycles. The van der Waals surface area contributed by atoms with Crippen LogP contribution in [0.1, 0.15) is 17.1 Å². The Kier molecular flexibility index (Phi) is 3.90. The number of aryl methyl sites for hydroxylation is 1. The van der Waals surface area contributed by atoms with Gasteiger partial charge in [0.15, 0.2) is 11.3 Å². The maximum atomic E-state index is 13.1. The van der Waals surface area contributed by atoms with Crippen LogP contribution in [0, 0.1) is 6.92 Å². The topological polar surface area (TPSA) is 54.5 Å². The molecular weight excluding hydrogens is 374 g/mol. The summed E-state index contributed by atoms with van der Waals surface area (Å²) < 4.78 is 77.7. The van der Waals surface area contributed by atoms with Gasteiger partial charge >= 0.3 is 12.4 Å². The van der Waals surface area contributed by atoms with E-state index in [1.807, 2.05) is 0 Å². The molecule has 132 valence electrons. The standard InChI is InChI=1S/C14H7ClF6N4/c1-5-3-2-4-6(15)7(5)10-22-8-9(13(16,17)18)23-12(14(19,20)21)25-11(8)24-10/h2-4H,1H3,(H,22,23,24,25). The van der Waals surface area contributed by atoms with Gasteiger partial charge in [0.1, 0.15) is 11.3 Å². The van der Waals surface area contributed by atoms with Crippen LogP contribution in [0.25, 0.3) is 22.6 Å². The first-order valence-corrected chi connectivity index (χ1v) is 7.04. The van der Waals surface area contributed by atoms with Crippen molar-refractivity contribution in [2.75, 3.05) is 0 Å². The average Bonchev–Trinajstić information content (AvgIpc) is 2.87. The second-order valence-electron chi connectivity index (χ2n) is 5.11. The van der Waals surface area contributed by atoms with E-state index in [0.717, 1.165) is 0 Å². The number of H-pyrrole nitrogens is 1. The van der Waals surface area contributed by atoms with Crippen molar-refractivity contribution in [3.05, 3.63) is 40.3 Å². The van der Waals surface area contributed by atoms with Gasteiger partial charge in [-0.1, -0.05) is 23.7 Å². The van der Waals surface area contributed by atoms with Crippen molar-refractivity contribution in [3.63, 3.8) is 0 Å². The molecule has 0 aliphatic carbocycles. The first-order valence-electron chi connectivity index (χ1n) is 6.66. The van der Waals surface area contributed by atoms with Crippen LogP contribution in [0.3, 0.4) is 0 Å². The zero-order valence-electron chi connectivity index (χ0n) is 12.2. The minimum atomic E-state index is -5.14. The number of fused-ring (bicyclic) bond motifs is 1. The van der Waals surface area contributed by atoms with Gasteiger partial charge in [-0.15, -0.1) is 0 Å². The minimum absolute atomic E-state index is 0.128. The third-order valence-corrected chi connectivity index (χ3v) is 3.64.